The van der Waals surface area contributed by atoms with Crippen molar-refractivity contribution in [3.05, 3.63) is 42.5 Å². The lowest BCUT2D eigenvalue weighted by Crippen LogP contribution is -1.98. The van der Waals surface area contributed by atoms with E-state index in [-0.39, 0.29) is 0 Å². The average Bonchev–Trinajstić information content (AvgIpc) is 2.86. The molecule has 0 radical (unpaired) electrons. The molecule has 0 aliphatic rings. The lowest BCUT2D eigenvalue weighted by atomic mass is 10.1. The van der Waals surface area contributed by atoms with Crippen LogP contribution in [-0.2, 0) is 7.05 Å². The fourth-order valence-electron chi connectivity index (χ4n) is 1.81. The first-order chi connectivity index (χ1) is 9.24. The number of aryl methyl sites for hydroxylation is 2. The van der Waals surface area contributed by atoms with Crippen molar-refractivity contribution in [2.75, 3.05) is 0 Å². The topological polar surface area (TPSA) is 69.4 Å². The monoisotopic (exact) mass is 252 g/mol. The molecule has 0 aliphatic heterocycles. The number of imidazole rings is 1. The average molecular weight is 252 g/mol. The van der Waals surface area contributed by atoms with Gasteiger partial charge in [0, 0.05) is 30.6 Å². The molecule has 19 heavy (non-hydrogen) atoms. The van der Waals surface area contributed by atoms with Crippen LogP contribution in [0.2, 0.25) is 0 Å². The molecule has 0 atom stereocenters. The smallest absolute Gasteiger partial charge is 0.203 e. The summed E-state index contributed by atoms with van der Waals surface area (Å²) in [6.07, 6.45) is 3.69. The second-order valence-electron chi connectivity index (χ2n) is 4.21. The molecular weight excluding hydrogens is 240 g/mol. The maximum atomic E-state index is 4.31. The van der Waals surface area contributed by atoms with Crippen molar-refractivity contribution in [1.82, 2.24) is 29.9 Å². The summed E-state index contributed by atoms with van der Waals surface area (Å²) in [6.45, 7) is 1.76. The van der Waals surface area contributed by atoms with E-state index >= 15 is 0 Å². The zero-order chi connectivity index (χ0) is 13.2. The molecule has 0 saturated carbocycles. The van der Waals surface area contributed by atoms with Gasteiger partial charge >= 0.3 is 0 Å². The molecule has 0 bridgehead atoms. The third kappa shape index (κ3) is 2.20. The summed E-state index contributed by atoms with van der Waals surface area (Å²) in [7, 11) is 1.97. The molecule has 0 N–H and O–H groups in total. The third-order valence-electron chi connectivity index (χ3n) is 2.80. The molecule has 1 aromatic carbocycles. The van der Waals surface area contributed by atoms with Gasteiger partial charge in [-0.1, -0.05) is 24.3 Å². The highest BCUT2D eigenvalue weighted by Crippen LogP contribution is 2.20. The van der Waals surface area contributed by atoms with Crippen LogP contribution < -0.4 is 0 Å². The van der Waals surface area contributed by atoms with E-state index in [1.807, 2.05) is 42.1 Å². The van der Waals surface area contributed by atoms with E-state index < -0.39 is 0 Å². The predicted molar refractivity (Wildman–Crippen MR) is 70.0 cm³/mol. The highest BCUT2D eigenvalue weighted by atomic mass is 15.3. The lowest BCUT2D eigenvalue weighted by molar-refractivity contribution is 0.816. The summed E-state index contributed by atoms with van der Waals surface area (Å²) in [6, 6.07) is 7.86. The van der Waals surface area contributed by atoms with E-state index in [1.54, 1.807) is 13.1 Å². The second kappa shape index (κ2) is 4.56. The van der Waals surface area contributed by atoms with Gasteiger partial charge < -0.3 is 4.57 Å². The molecule has 2 heterocycles. The van der Waals surface area contributed by atoms with Gasteiger partial charge in [0.05, 0.1) is 0 Å². The van der Waals surface area contributed by atoms with Gasteiger partial charge in [-0.3, -0.25) is 0 Å². The van der Waals surface area contributed by atoms with Crippen LogP contribution in [0.5, 0.6) is 0 Å². The van der Waals surface area contributed by atoms with E-state index in [0.717, 1.165) is 17.0 Å². The van der Waals surface area contributed by atoms with Gasteiger partial charge in [0.15, 0.2) is 5.82 Å². The zero-order valence-corrected chi connectivity index (χ0v) is 10.6. The molecule has 0 spiro atoms. The van der Waals surface area contributed by atoms with E-state index in [1.165, 1.54) is 0 Å². The number of hydrogen-bond acceptors (Lipinski definition) is 5. The normalized spacial score (nSPS) is 10.6. The number of benzene rings is 1. The van der Waals surface area contributed by atoms with Crippen molar-refractivity contribution < 1.29 is 0 Å². The van der Waals surface area contributed by atoms with Crippen LogP contribution >= 0.6 is 0 Å². The Morgan fingerprint density at radius 2 is 1.53 bits per heavy atom. The van der Waals surface area contributed by atoms with Crippen molar-refractivity contribution >= 4 is 0 Å². The molecule has 6 heteroatoms. The summed E-state index contributed by atoms with van der Waals surface area (Å²) in [4.78, 5) is 4.31. The zero-order valence-electron chi connectivity index (χ0n) is 10.6. The Morgan fingerprint density at radius 1 is 0.895 bits per heavy atom. The molecule has 2 aromatic heterocycles. The molecule has 6 nitrogen and oxygen atoms in total. The Kier molecular flexibility index (Phi) is 2.75. The Balaban J connectivity index is 1.95. The van der Waals surface area contributed by atoms with Crippen LogP contribution in [0.25, 0.3) is 22.8 Å². The summed E-state index contributed by atoms with van der Waals surface area (Å²) in [5.74, 6) is 2.01. The van der Waals surface area contributed by atoms with Crippen molar-refractivity contribution in [3.63, 3.8) is 0 Å². The quantitative estimate of drug-likeness (QED) is 0.693. The summed E-state index contributed by atoms with van der Waals surface area (Å²) >= 11 is 0. The van der Waals surface area contributed by atoms with Crippen LogP contribution in [0.3, 0.4) is 0 Å². The summed E-state index contributed by atoms with van der Waals surface area (Å²) in [5, 5.41) is 15.8. The summed E-state index contributed by atoms with van der Waals surface area (Å²) < 4.78 is 1.97. The Bertz CT molecular complexity index is 684. The molecular formula is C13H12N6. The minimum absolute atomic E-state index is 0.525. The first-order valence-electron chi connectivity index (χ1n) is 5.86. The van der Waals surface area contributed by atoms with Crippen LogP contribution in [0.1, 0.15) is 5.82 Å². The number of hydrogen-bond donors (Lipinski definition) is 0. The van der Waals surface area contributed by atoms with Crippen molar-refractivity contribution in [1.29, 1.82) is 0 Å². The fourth-order valence-corrected chi connectivity index (χ4v) is 1.81. The summed E-state index contributed by atoms with van der Waals surface area (Å²) in [5.41, 5.74) is 1.93. The molecule has 0 fully saturated rings. The Hall–Kier alpha value is -2.63. The molecule has 0 unspecified atom stereocenters. The Morgan fingerprint density at radius 3 is 2.11 bits per heavy atom. The highest BCUT2D eigenvalue weighted by molar-refractivity contribution is 5.62. The molecule has 0 saturated heterocycles. The van der Waals surface area contributed by atoms with E-state index in [4.69, 9.17) is 0 Å². The number of nitrogens with zero attached hydrogens (tertiary/aromatic N) is 6. The second-order valence-corrected chi connectivity index (χ2v) is 4.21. The fraction of sp³-hybridized carbons (Fsp3) is 0.154. The van der Waals surface area contributed by atoms with Crippen LogP contribution in [0.4, 0.5) is 0 Å². The van der Waals surface area contributed by atoms with Crippen molar-refractivity contribution in [2.24, 2.45) is 7.05 Å². The van der Waals surface area contributed by atoms with Gasteiger partial charge in [0.2, 0.25) is 5.82 Å². The minimum Gasteiger partial charge on any atom is -0.334 e. The molecule has 0 amide bonds. The molecule has 3 rings (SSSR count). The first kappa shape index (κ1) is 11.5. The van der Waals surface area contributed by atoms with Gasteiger partial charge in [-0.25, -0.2) is 4.98 Å². The third-order valence-corrected chi connectivity index (χ3v) is 2.80. The largest absolute Gasteiger partial charge is 0.334 e. The number of rotatable bonds is 2. The van der Waals surface area contributed by atoms with E-state index in [0.29, 0.717) is 11.6 Å². The van der Waals surface area contributed by atoms with Gasteiger partial charge in [0.1, 0.15) is 5.82 Å². The maximum absolute atomic E-state index is 4.31. The van der Waals surface area contributed by atoms with Gasteiger partial charge in [-0.05, 0) is 6.92 Å². The highest BCUT2D eigenvalue weighted by Gasteiger charge is 2.06. The lowest BCUT2D eigenvalue weighted by Gasteiger charge is -2.03. The van der Waals surface area contributed by atoms with E-state index in [9.17, 15) is 0 Å². The maximum Gasteiger partial charge on any atom is 0.203 e. The van der Waals surface area contributed by atoms with Crippen LogP contribution in [-0.4, -0.2) is 29.9 Å². The van der Waals surface area contributed by atoms with Crippen LogP contribution in [0, 0.1) is 6.92 Å². The predicted octanol–water partition coefficient (Wildman–Crippen LogP) is 1.64. The minimum atomic E-state index is 0.525. The van der Waals surface area contributed by atoms with Crippen LogP contribution in [0.15, 0.2) is 36.7 Å². The van der Waals surface area contributed by atoms with Gasteiger partial charge in [0.25, 0.3) is 0 Å². The van der Waals surface area contributed by atoms with Crippen molar-refractivity contribution in [3.8, 4) is 22.8 Å². The SMILES string of the molecule is Cc1nnc(-c2ccc(-c3nccn3C)cc2)nn1. The van der Waals surface area contributed by atoms with Gasteiger partial charge in [-0.2, -0.15) is 0 Å². The Labute approximate surface area is 110 Å². The van der Waals surface area contributed by atoms with Crippen molar-refractivity contribution in [2.45, 2.75) is 6.92 Å². The molecule has 0 aliphatic carbocycles. The van der Waals surface area contributed by atoms with E-state index in [2.05, 4.69) is 25.4 Å². The standard InChI is InChI=1S/C13H12N6/c1-9-15-17-12(18-16-9)10-3-5-11(6-4-10)13-14-7-8-19(13)2/h3-8H,1-2H3. The first-order valence-corrected chi connectivity index (χ1v) is 5.86. The van der Waals surface area contributed by atoms with Gasteiger partial charge in [-0.15, -0.1) is 20.4 Å². The molecule has 3 aromatic rings. The molecule has 94 valence electrons. The number of aromatic nitrogens is 6.